The highest BCUT2D eigenvalue weighted by molar-refractivity contribution is 6.30. The lowest BCUT2D eigenvalue weighted by molar-refractivity contribution is -0.140. The Morgan fingerprint density at radius 3 is 2.29 bits per heavy atom. The van der Waals surface area contributed by atoms with E-state index in [-0.39, 0.29) is 23.8 Å². The van der Waals surface area contributed by atoms with E-state index < -0.39 is 11.6 Å². The summed E-state index contributed by atoms with van der Waals surface area (Å²) in [5.41, 5.74) is 0.596. The van der Waals surface area contributed by atoms with Crippen molar-refractivity contribution < 1.29 is 14.4 Å². The molecule has 186 valence electrons. The number of benzene rings is 1. The minimum atomic E-state index is -0.824. The minimum absolute atomic E-state index is 0.160. The van der Waals surface area contributed by atoms with E-state index in [4.69, 9.17) is 11.6 Å². The van der Waals surface area contributed by atoms with Crippen LogP contribution < -0.4 is 5.32 Å². The van der Waals surface area contributed by atoms with Gasteiger partial charge in [-0.25, -0.2) is 4.79 Å². The second-order valence-corrected chi connectivity index (χ2v) is 11.2. The maximum absolute atomic E-state index is 13.3. The summed E-state index contributed by atoms with van der Waals surface area (Å²) in [5, 5.41) is 3.68. The zero-order valence-corrected chi connectivity index (χ0v) is 21.4. The third-order valence-corrected chi connectivity index (χ3v) is 8.69. The lowest BCUT2D eigenvalue weighted by Crippen LogP contribution is -2.53. The number of carbonyl (C=O) groups excluding carboxylic acids is 3. The van der Waals surface area contributed by atoms with E-state index in [1.807, 2.05) is 24.3 Å². The van der Waals surface area contributed by atoms with Gasteiger partial charge in [0.15, 0.2) is 0 Å². The predicted molar refractivity (Wildman–Crippen MR) is 132 cm³/mol. The Bertz CT molecular complexity index is 916. The molecule has 2 aliphatic heterocycles. The van der Waals surface area contributed by atoms with Crippen molar-refractivity contribution in [3.63, 3.8) is 0 Å². The summed E-state index contributed by atoms with van der Waals surface area (Å²) in [7, 11) is 0. The first-order valence-electron chi connectivity index (χ1n) is 12.5. The molecule has 2 heterocycles. The van der Waals surface area contributed by atoms with Crippen LogP contribution in [0.1, 0.15) is 58.4 Å². The van der Waals surface area contributed by atoms with Crippen LogP contribution >= 0.6 is 11.6 Å². The summed E-state index contributed by atoms with van der Waals surface area (Å²) >= 11 is 5.96. The van der Waals surface area contributed by atoms with Gasteiger partial charge in [0.1, 0.15) is 12.1 Å². The smallest absolute Gasteiger partial charge is 0.325 e. The molecule has 4 rings (SSSR count). The van der Waals surface area contributed by atoms with Crippen LogP contribution in [0.3, 0.4) is 0 Å². The molecule has 0 aromatic heterocycles. The van der Waals surface area contributed by atoms with Crippen molar-refractivity contribution in [3.05, 3.63) is 34.9 Å². The molecule has 1 aromatic carbocycles. The normalized spacial score (nSPS) is 26.3. The molecule has 4 amide bonds. The summed E-state index contributed by atoms with van der Waals surface area (Å²) < 4.78 is 0. The van der Waals surface area contributed by atoms with Gasteiger partial charge in [0, 0.05) is 37.7 Å². The molecule has 3 fully saturated rings. The molecule has 0 bridgehead atoms. The quantitative estimate of drug-likeness (QED) is 0.616. The fraction of sp³-hybridized carbons (Fsp3) is 0.654. The van der Waals surface area contributed by atoms with E-state index in [9.17, 15) is 14.4 Å². The van der Waals surface area contributed by atoms with Gasteiger partial charge in [0.2, 0.25) is 5.91 Å². The van der Waals surface area contributed by atoms with Crippen LogP contribution in [-0.2, 0) is 16.1 Å². The molecule has 1 saturated carbocycles. The average Bonchev–Trinajstić information content (AvgIpc) is 3.05. The van der Waals surface area contributed by atoms with Crippen LogP contribution in [0.2, 0.25) is 5.02 Å². The topological polar surface area (TPSA) is 73.0 Å². The van der Waals surface area contributed by atoms with Gasteiger partial charge >= 0.3 is 6.03 Å². The average molecular weight is 489 g/mol. The summed E-state index contributed by atoms with van der Waals surface area (Å²) in [6, 6.07) is 7.39. The minimum Gasteiger partial charge on any atom is -0.339 e. The van der Waals surface area contributed by atoms with Crippen molar-refractivity contribution in [3.8, 4) is 0 Å². The van der Waals surface area contributed by atoms with E-state index in [1.54, 1.807) is 4.90 Å². The van der Waals surface area contributed by atoms with Gasteiger partial charge in [-0.2, -0.15) is 0 Å². The molecule has 7 nitrogen and oxygen atoms in total. The number of amides is 4. The van der Waals surface area contributed by atoms with Gasteiger partial charge in [0.05, 0.1) is 0 Å². The highest BCUT2D eigenvalue weighted by Crippen LogP contribution is 2.45. The zero-order valence-electron chi connectivity index (χ0n) is 20.6. The lowest BCUT2D eigenvalue weighted by atomic mass is 9.65. The molecule has 1 aliphatic carbocycles. The molecule has 8 heteroatoms. The highest BCUT2D eigenvalue weighted by atomic mass is 35.5. The Hall–Kier alpha value is -2.12. The molecule has 0 unspecified atom stereocenters. The molecule has 2 saturated heterocycles. The fourth-order valence-corrected chi connectivity index (χ4v) is 5.70. The molecular formula is C26H37ClN4O3. The Morgan fingerprint density at radius 1 is 1.09 bits per heavy atom. The molecule has 1 N–H and O–H groups in total. The molecule has 0 atom stereocenters. The van der Waals surface area contributed by atoms with Crippen molar-refractivity contribution in [1.29, 1.82) is 0 Å². The molecule has 34 heavy (non-hydrogen) atoms. The van der Waals surface area contributed by atoms with Gasteiger partial charge in [-0.05, 0) is 54.7 Å². The van der Waals surface area contributed by atoms with Gasteiger partial charge in [0.25, 0.3) is 5.91 Å². The van der Waals surface area contributed by atoms with Crippen LogP contribution in [0.4, 0.5) is 4.79 Å². The number of carbonyl (C=O) groups is 3. The van der Waals surface area contributed by atoms with Crippen LogP contribution in [0.25, 0.3) is 0 Å². The summed E-state index contributed by atoms with van der Waals surface area (Å²) in [6.07, 6.45) is 4.24. The molecule has 1 aromatic rings. The lowest BCUT2D eigenvalue weighted by Gasteiger charge is -2.42. The molecule has 3 aliphatic rings. The predicted octanol–water partition coefficient (Wildman–Crippen LogP) is 3.90. The molecular weight excluding hydrogens is 452 g/mol. The maximum Gasteiger partial charge on any atom is 0.325 e. The highest BCUT2D eigenvalue weighted by Gasteiger charge is 2.54. The standard InChI is InChI=1S/C26H37ClN4O3/c1-4-25(2,3)20-9-11-26(12-10-20)23(33)31(24(34)28-26)18-22(32)30-15-13-29(14-16-30)17-19-5-7-21(27)8-6-19/h5-8,20H,4,9-18H2,1-3H3,(H,28,34). The van der Waals surface area contributed by atoms with Crippen molar-refractivity contribution >= 4 is 29.4 Å². The van der Waals surface area contributed by atoms with E-state index in [1.165, 1.54) is 5.56 Å². The van der Waals surface area contributed by atoms with Gasteiger partial charge in [-0.1, -0.05) is 50.9 Å². The third-order valence-electron chi connectivity index (χ3n) is 8.44. The van der Waals surface area contributed by atoms with Crippen LogP contribution in [-0.4, -0.2) is 70.8 Å². The van der Waals surface area contributed by atoms with Gasteiger partial charge in [-0.15, -0.1) is 0 Å². The Balaban J connectivity index is 1.28. The SMILES string of the molecule is CCC(C)(C)C1CCC2(CC1)NC(=O)N(CC(=O)N1CCN(Cc3ccc(Cl)cc3)CC1)C2=O. The van der Waals surface area contributed by atoms with Crippen LogP contribution in [0, 0.1) is 11.3 Å². The zero-order chi connectivity index (χ0) is 24.5. The second kappa shape index (κ2) is 9.86. The summed E-state index contributed by atoms with van der Waals surface area (Å²) in [5.74, 6) is 0.167. The number of rotatable bonds is 6. The van der Waals surface area contributed by atoms with Gasteiger partial charge < -0.3 is 10.2 Å². The Kier molecular flexibility index (Phi) is 7.25. The number of nitrogens with zero attached hydrogens (tertiary/aromatic N) is 3. The Morgan fingerprint density at radius 2 is 1.71 bits per heavy atom. The summed E-state index contributed by atoms with van der Waals surface area (Å²) in [4.78, 5) is 44.1. The van der Waals surface area contributed by atoms with Crippen molar-refractivity contribution in [1.82, 2.24) is 20.0 Å². The first kappa shape index (κ1) is 25.0. The van der Waals surface area contributed by atoms with E-state index in [2.05, 4.69) is 31.0 Å². The number of halogens is 1. The maximum atomic E-state index is 13.3. The number of hydrogen-bond acceptors (Lipinski definition) is 4. The van der Waals surface area contributed by atoms with E-state index in [0.29, 0.717) is 31.8 Å². The fourth-order valence-electron chi connectivity index (χ4n) is 5.58. The number of imide groups is 1. The van der Waals surface area contributed by atoms with Crippen LogP contribution in [0.15, 0.2) is 24.3 Å². The molecule has 0 radical (unpaired) electrons. The largest absolute Gasteiger partial charge is 0.339 e. The van der Waals surface area contributed by atoms with E-state index >= 15 is 0 Å². The number of piperazine rings is 1. The second-order valence-electron chi connectivity index (χ2n) is 10.8. The molecule has 1 spiro atoms. The number of urea groups is 1. The number of nitrogens with one attached hydrogen (secondary N) is 1. The number of hydrogen-bond donors (Lipinski definition) is 1. The first-order chi connectivity index (χ1) is 16.1. The van der Waals surface area contributed by atoms with Gasteiger partial charge in [-0.3, -0.25) is 19.4 Å². The Labute approximate surface area is 207 Å². The van der Waals surface area contributed by atoms with Crippen LogP contribution in [0.5, 0.6) is 0 Å². The third kappa shape index (κ3) is 5.10. The van der Waals surface area contributed by atoms with Crippen molar-refractivity contribution in [2.45, 2.75) is 65.0 Å². The van der Waals surface area contributed by atoms with E-state index in [0.717, 1.165) is 48.8 Å². The monoisotopic (exact) mass is 488 g/mol. The first-order valence-corrected chi connectivity index (χ1v) is 12.9. The van der Waals surface area contributed by atoms with Crippen molar-refractivity contribution in [2.75, 3.05) is 32.7 Å². The summed E-state index contributed by atoms with van der Waals surface area (Å²) in [6.45, 7) is 10.1. The van der Waals surface area contributed by atoms with Crippen molar-refractivity contribution in [2.24, 2.45) is 11.3 Å².